The average molecular weight is 646 g/mol. The van der Waals surface area contributed by atoms with Gasteiger partial charge in [-0.15, -0.1) is 23.2 Å². The molecule has 1 N–H and O–H groups in total. The van der Waals surface area contributed by atoms with Gasteiger partial charge in [0.15, 0.2) is 9.75 Å². The minimum atomic E-state index is -2.13. The summed E-state index contributed by atoms with van der Waals surface area (Å²) >= 11 is 21.0. The van der Waals surface area contributed by atoms with Crippen molar-refractivity contribution in [3.63, 3.8) is 0 Å². The topological polar surface area (TPSA) is 95.0 Å². The number of nitrogens with zero attached hydrogens (tertiary/aromatic N) is 2. The first-order chi connectivity index (χ1) is 20.5. The van der Waals surface area contributed by atoms with Crippen molar-refractivity contribution in [1.29, 1.82) is 0 Å². The number of hydrogen-bond donors (Lipinski definition) is 1. The number of carbonyl (C=O) groups excluding carboxylic acids is 4. The summed E-state index contributed by atoms with van der Waals surface area (Å²) in [4.78, 5) is 54.6. The zero-order chi connectivity index (χ0) is 30.4. The molecule has 2 aromatic carbocycles. The van der Waals surface area contributed by atoms with E-state index in [1.807, 2.05) is 6.08 Å². The lowest BCUT2D eigenvalue weighted by Crippen LogP contribution is -2.60. The number of allylic oxidation sites excluding steroid dienone is 2. The Morgan fingerprint density at radius 2 is 1.58 bits per heavy atom. The number of carbonyl (C=O) groups is 4. The molecule has 7 rings (SSSR count). The van der Waals surface area contributed by atoms with E-state index in [0.717, 1.165) is 49.1 Å². The van der Waals surface area contributed by atoms with Crippen molar-refractivity contribution in [3.05, 3.63) is 70.5 Å². The lowest BCUT2D eigenvalue weighted by atomic mass is 9.56. The van der Waals surface area contributed by atoms with Crippen LogP contribution in [0, 0.1) is 23.6 Å². The maximum Gasteiger partial charge on any atom is 0.258 e. The number of rotatable bonds is 3. The molecule has 43 heavy (non-hydrogen) atoms. The number of imide groups is 2. The van der Waals surface area contributed by atoms with E-state index in [1.165, 1.54) is 35.2 Å². The monoisotopic (exact) mass is 644 g/mol. The van der Waals surface area contributed by atoms with E-state index in [9.17, 15) is 28.7 Å². The summed E-state index contributed by atoms with van der Waals surface area (Å²) in [6.07, 6.45) is 6.34. The van der Waals surface area contributed by atoms with Gasteiger partial charge in [-0.1, -0.05) is 42.5 Å². The predicted molar refractivity (Wildman–Crippen MR) is 158 cm³/mol. The Kier molecular flexibility index (Phi) is 6.73. The zero-order valence-corrected chi connectivity index (χ0v) is 25.2. The normalized spacial score (nSPS) is 34.3. The number of hydrogen-bond acceptors (Lipinski definition) is 5. The number of anilines is 1. The molecule has 0 radical (unpaired) electrons. The fourth-order valence-electron chi connectivity index (χ4n) is 8.22. The minimum absolute atomic E-state index is 0.0883. The molecule has 2 saturated heterocycles. The number of benzene rings is 2. The van der Waals surface area contributed by atoms with Gasteiger partial charge in [0.2, 0.25) is 11.8 Å². The molecule has 0 aromatic heterocycles. The third-order valence-corrected chi connectivity index (χ3v) is 11.8. The quantitative estimate of drug-likeness (QED) is 0.248. The first-order valence-electron chi connectivity index (χ1n) is 14.6. The van der Waals surface area contributed by atoms with Gasteiger partial charge in [-0.3, -0.25) is 24.1 Å². The summed E-state index contributed by atoms with van der Waals surface area (Å²) in [7, 11) is 0. The summed E-state index contributed by atoms with van der Waals surface area (Å²) in [5.41, 5.74) is 0.842. The maximum absolute atomic E-state index is 14.3. The van der Waals surface area contributed by atoms with Gasteiger partial charge in [-0.2, -0.15) is 0 Å². The number of phenolic OH excluding ortho intramolecular Hbond substituents is 1. The summed E-state index contributed by atoms with van der Waals surface area (Å²) in [6.45, 7) is 0. The first kappa shape index (κ1) is 28.8. The average Bonchev–Trinajstić information content (AvgIpc) is 3.33. The number of halogens is 4. The van der Waals surface area contributed by atoms with Crippen LogP contribution in [0.4, 0.5) is 10.1 Å². The maximum atomic E-state index is 14.3. The number of likely N-dealkylation sites (tertiary alicyclic amines) is 1. The van der Waals surface area contributed by atoms with Crippen LogP contribution in [0.3, 0.4) is 0 Å². The molecule has 4 amide bonds. The molecule has 0 spiro atoms. The van der Waals surface area contributed by atoms with Crippen molar-refractivity contribution in [2.24, 2.45) is 17.8 Å². The van der Waals surface area contributed by atoms with E-state index in [2.05, 4.69) is 0 Å². The van der Waals surface area contributed by atoms with Gasteiger partial charge in [0, 0.05) is 22.5 Å². The van der Waals surface area contributed by atoms with Crippen LogP contribution in [0.5, 0.6) is 5.75 Å². The molecule has 11 heteroatoms. The summed E-state index contributed by atoms with van der Waals surface area (Å²) in [5, 5.41) is 11.3. The van der Waals surface area contributed by atoms with Crippen molar-refractivity contribution in [2.45, 2.75) is 66.7 Å². The van der Waals surface area contributed by atoms with Crippen LogP contribution in [0.2, 0.25) is 5.02 Å². The highest BCUT2D eigenvalue weighted by Gasteiger charge is 2.77. The van der Waals surface area contributed by atoms with Crippen molar-refractivity contribution >= 4 is 64.1 Å². The smallest absolute Gasteiger partial charge is 0.258 e. The third kappa shape index (κ3) is 3.91. The lowest BCUT2D eigenvalue weighted by molar-refractivity contribution is -0.143. The molecule has 2 aliphatic heterocycles. The summed E-state index contributed by atoms with van der Waals surface area (Å²) in [6, 6.07) is 8.99. The predicted octanol–water partition coefficient (Wildman–Crippen LogP) is 6.08. The number of aromatic hydroxyl groups is 1. The van der Waals surface area contributed by atoms with E-state index in [1.54, 1.807) is 0 Å². The van der Waals surface area contributed by atoms with E-state index < -0.39 is 51.1 Å². The van der Waals surface area contributed by atoms with Crippen molar-refractivity contribution in [1.82, 2.24) is 4.90 Å². The Balaban J connectivity index is 1.39. The molecule has 2 heterocycles. The van der Waals surface area contributed by atoms with Gasteiger partial charge >= 0.3 is 0 Å². The molecule has 6 atom stereocenters. The molecule has 6 unspecified atom stereocenters. The standard InChI is InChI=1S/C32H28Cl3FN2O5/c33-16-6-13-24(39)22(14-16)26-20-11-12-21-25(28(41)37(27(21)40)18-4-2-1-3-5-18)23(20)15-31(34)29(42)38(30(43)32(26,31)35)19-9-7-17(36)8-10-19/h6-11,13-14,18,21,23,25-26,39H,1-5,12,15H2. The molecule has 5 aliphatic rings. The highest BCUT2D eigenvalue weighted by atomic mass is 35.5. The van der Waals surface area contributed by atoms with E-state index in [0.29, 0.717) is 5.57 Å². The van der Waals surface area contributed by atoms with Crippen LogP contribution >= 0.6 is 34.8 Å². The Bertz CT molecular complexity index is 1610. The second-order valence-electron chi connectivity index (χ2n) is 12.3. The molecule has 2 aromatic rings. The second-order valence-corrected chi connectivity index (χ2v) is 14.0. The zero-order valence-electron chi connectivity index (χ0n) is 22.9. The highest BCUT2D eigenvalue weighted by molar-refractivity contribution is 6.58. The first-order valence-corrected chi connectivity index (χ1v) is 15.7. The van der Waals surface area contributed by atoms with Gasteiger partial charge in [0.1, 0.15) is 11.6 Å². The Hall–Kier alpha value is -2.94. The molecule has 4 fully saturated rings. The van der Waals surface area contributed by atoms with E-state index >= 15 is 0 Å². The molecule has 0 bridgehead atoms. The van der Waals surface area contributed by atoms with Crippen LogP contribution in [0.15, 0.2) is 54.1 Å². The van der Waals surface area contributed by atoms with Gasteiger partial charge in [-0.05, 0) is 74.1 Å². The van der Waals surface area contributed by atoms with Crippen LogP contribution in [-0.4, -0.2) is 49.4 Å². The fourth-order valence-corrected chi connectivity index (χ4v) is 9.33. The molecular formula is C32H28Cl3FN2O5. The van der Waals surface area contributed by atoms with E-state index in [4.69, 9.17) is 34.8 Å². The SMILES string of the molecule is O=C1C2CC=C3C(CC4(Cl)C(=O)N(c5ccc(F)cc5)C(=O)C4(Cl)C3c3cc(Cl)ccc3O)C2C(=O)N1C1CCCCC1. The molecule has 224 valence electrons. The van der Waals surface area contributed by atoms with Crippen LogP contribution in [-0.2, 0) is 19.2 Å². The molecular weight excluding hydrogens is 618 g/mol. The third-order valence-electron chi connectivity index (χ3n) is 10.2. The molecule has 7 nitrogen and oxygen atoms in total. The number of phenols is 1. The van der Waals surface area contributed by atoms with Gasteiger partial charge in [0.25, 0.3) is 11.8 Å². The Morgan fingerprint density at radius 1 is 0.884 bits per heavy atom. The van der Waals surface area contributed by atoms with Crippen molar-refractivity contribution in [3.8, 4) is 5.75 Å². The van der Waals surface area contributed by atoms with Crippen LogP contribution in [0.1, 0.15) is 56.4 Å². The Morgan fingerprint density at radius 3 is 2.28 bits per heavy atom. The second kappa shape index (κ2) is 10.0. The van der Waals surface area contributed by atoms with Gasteiger partial charge < -0.3 is 5.11 Å². The minimum Gasteiger partial charge on any atom is -0.508 e. The summed E-state index contributed by atoms with van der Waals surface area (Å²) < 4.78 is 13.8. The van der Waals surface area contributed by atoms with Gasteiger partial charge in [-0.25, -0.2) is 9.29 Å². The fraction of sp³-hybridized carbons (Fsp3) is 0.438. The molecule has 2 saturated carbocycles. The van der Waals surface area contributed by atoms with Gasteiger partial charge in [0.05, 0.1) is 17.5 Å². The van der Waals surface area contributed by atoms with Crippen molar-refractivity contribution < 1.29 is 28.7 Å². The van der Waals surface area contributed by atoms with E-state index in [-0.39, 0.29) is 52.7 Å². The highest BCUT2D eigenvalue weighted by Crippen LogP contribution is 2.66. The summed E-state index contributed by atoms with van der Waals surface area (Å²) in [5.74, 6) is -6.20. The largest absolute Gasteiger partial charge is 0.508 e. The molecule has 3 aliphatic carbocycles. The number of amides is 4. The van der Waals surface area contributed by atoms with Crippen molar-refractivity contribution in [2.75, 3.05) is 4.90 Å². The Labute approximate surface area is 262 Å². The van der Waals surface area contributed by atoms with Crippen LogP contribution < -0.4 is 4.90 Å². The lowest BCUT2D eigenvalue weighted by Gasteiger charge is -2.50. The number of alkyl halides is 2. The van der Waals surface area contributed by atoms with Crippen LogP contribution in [0.25, 0.3) is 0 Å². The number of fused-ring (bicyclic) bond motifs is 4.